The van der Waals surface area contributed by atoms with Crippen LogP contribution in [0.2, 0.25) is 0 Å². The van der Waals surface area contributed by atoms with Crippen molar-refractivity contribution >= 4 is 17.3 Å². The van der Waals surface area contributed by atoms with Crippen molar-refractivity contribution in [1.29, 1.82) is 0 Å². The SMILES string of the molecule is COc1ccc([N+](=O)[O-])cc1N1CC(N)CC1=O. The second-order valence-corrected chi connectivity index (χ2v) is 4.08. The van der Waals surface area contributed by atoms with Crippen molar-refractivity contribution in [2.24, 2.45) is 5.73 Å². The summed E-state index contributed by atoms with van der Waals surface area (Å²) in [5.74, 6) is 0.268. The summed E-state index contributed by atoms with van der Waals surface area (Å²) in [6.07, 6.45) is 0.242. The van der Waals surface area contributed by atoms with Gasteiger partial charge in [-0.1, -0.05) is 0 Å². The molecule has 1 aromatic carbocycles. The van der Waals surface area contributed by atoms with Crippen LogP contribution in [-0.4, -0.2) is 30.5 Å². The van der Waals surface area contributed by atoms with E-state index in [2.05, 4.69) is 0 Å². The van der Waals surface area contributed by atoms with Gasteiger partial charge in [-0.15, -0.1) is 0 Å². The third-order valence-corrected chi connectivity index (χ3v) is 2.82. The number of amides is 1. The lowest BCUT2D eigenvalue weighted by Crippen LogP contribution is -2.28. The van der Waals surface area contributed by atoms with Gasteiger partial charge in [0.15, 0.2) is 0 Å². The molecule has 2 N–H and O–H groups in total. The first-order valence-electron chi connectivity index (χ1n) is 5.41. The summed E-state index contributed by atoms with van der Waals surface area (Å²) in [4.78, 5) is 23.4. The highest BCUT2D eigenvalue weighted by atomic mass is 16.6. The number of benzene rings is 1. The Morgan fingerprint density at radius 1 is 1.56 bits per heavy atom. The summed E-state index contributed by atoms with van der Waals surface area (Å²) in [6.45, 7) is 0.344. The van der Waals surface area contributed by atoms with Gasteiger partial charge in [-0.05, 0) is 6.07 Å². The Labute approximate surface area is 103 Å². The largest absolute Gasteiger partial charge is 0.495 e. The molecule has 1 aromatic rings. The van der Waals surface area contributed by atoms with Gasteiger partial charge in [-0.25, -0.2) is 0 Å². The monoisotopic (exact) mass is 251 g/mol. The van der Waals surface area contributed by atoms with Gasteiger partial charge in [0.05, 0.1) is 17.7 Å². The minimum Gasteiger partial charge on any atom is -0.495 e. The van der Waals surface area contributed by atoms with Crippen LogP contribution in [0.3, 0.4) is 0 Å². The number of nitro groups is 1. The molecular weight excluding hydrogens is 238 g/mol. The summed E-state index contributed by atoms with van der Waals surface area (Å²) < 4.78 is 5.12. The number of carbonyl (C=O) groups excluding carboxylic acids is 1. The number of hydrogen-bond donors (Lipinski definition) is 1. The number of non-ortho nitro benzene ring substituents is 1. The van der Waals surface area contributed by atoms with E-state index in [1.807, 2.05) is 0 Å². The van der Waals surface area contributed by atoms with Gasteiger partial charge < -0.3 is 15.4 Å². The minimum absolute atomic E-state index is 0.0842. The van der Waals surface area contributed by atoms with E-state index < -0.39 is 4.92 Å². The maximum Gasteiger partial charge on any atom is 0.271 e. The smallest absolute Gasteiger partial charge is 0.271 e. The Morgan fingerprint density at radius 2 is 2.28 bits per heavy atom. The molecule has 0 aromatic heterocycles. The first kappa shape index (κ1) is 12.3. The van der Waals surface area contributed by atoms with Crippen LogP contribution in [0.15, 0.2) is 18.2 Å². The average Bonchev–Trinajstić information content (AvgIpc) is 2.67. The van der Waals surface area contributed by atoms with Gasteiger partial charge in [0.25, 0.3) is 5.69 Å². The van der Waals surface area contributed by atoms with Crippen molar-refractivity contribution in [3.05, 3.63) is 28.3 Å². The van der Waals surface area contributed by atoms with Crippen LogP contribution in [0.25, 0.3) is 0 Å². The second-order valence-electron chi connectivity index (χ2n) is 4.08. The number of carbonyl (C=O) groups is 1. The lowest BCUT2D eigenvalue weighted by atomic mass is 10.2. The van der Waals surface area contributed by atoms with E-state index >= 15 is 0 Å². The molecule has 1 aliphatic heterocycles. The fourth-order valence-corrected chi connectivity index (χ4v) is 1.97. The van der Waals surface area contributed by atoms with Crippen molar-refractivity contribution in [2.75, 3.05) is 18.6 Å². The van der Waals surface area contributed by atoms with E-state index in [9.17, 15) is 14.9 Å². The zero-order valence-electron chi connectivity index (χ0n) is 9.83. The molecule has 7 heteroatoms. The molecule has 0 saturated carbocycles. The lowest BCUT2D eigenvalue weighted by Gasteiger charge is -2.18. The van der Waals surface area contributed by atoms with Crippen LogP contribution < -0.4 is 15.4 Å². The summed E-state index contributed by atoms with van der Waals surface area (Å²) in [6, 6.07) is 3.89. The van der Waals surface area contributed by atoms with Crippen molar-refractivity contribution < 1.29 is 14.5 Å². The van der Waals surface area contributed by atoms with Crippen LogP contribution in [0.4, 0.5) is 11.4 Å². The molecule has 18 heavy (non-hydrogen) atoms. The van der Waals surface area contributed by atoms with Crippen LogP contribution in [0, 0.1) is 10.1 Å². The average molecular weight is 251 g/mol. The number of nitrogens with two attached hydrogens (primary N) is 1. The summed E-state index contributed by atoms with van der Waals surface area (Å²) in [5.41, 5.74) is 6.01. The fraction of sp³-hybridized carbons (Fsp3) is 0.364. The standard InChI is InChI=1S/C11H13N3O4/c1-18-10-3-2-8(14(16)17)5-9(10)13-6-7(12)4-11(13)15/h2-3,5,7H,4,6,12H2,1H3. The van der Waals surface area contributed by atoms with Crippen LogP contribution in [-0.2, 0) is 4.79 Å². The summed E-state index contributed by atoms with van der Waals surface area (Å²) in [5, 5.41) is 10.8. The van der Waals surface area contributed by atoms with E-state index in [-0.39, 0.29) is 24.1 Å². The number of nitro benzene ring substituents is 1. The molecule has 7 nitrogen and oxygen atoms in total. The quantitative estimate of drug-likeness (QED) is 0.628. The summed E-state index contributed by atoms with van der Waals surface area (Å²) in [7, 11) is 1.45. The van der Waals surface area contributed by atoms with Crippen LogP contribution >= 0.6 is 0 Å². The van der Waals surface area contributed by atoms with Crippen LogP contribution in [0.1, 0.15) is 6.42 Å². The molecule has 1 atom stereocenters. The number of rotatable bonds is 3. The molecule has 1 heterocycles. The Hall–Kier alpha value is -2.15. The van der Waals surface area contributed by atoms with Gasteiger partial charge in [0.1, 0.15) is 5.75 Å². The van der Waals surface area contributed by atoms with Gasteiger partial charge in [0, 0.05) is 31.1 Å². The maximum absolute atomic E-state index is 11.8. The molecule has 0 bridgehead atoms. The fourth-order valence-electron chi connectivity index (χ4n) is 1.97. The Kier molecular flexibility index (Phi) is 3.15. The van der Waals surface area contributed by atoms with E-state index in [1.165, 1.54) is 30.2 Å². The van der Waals surface area contributed by atoms with Crippen molar-refractivity contribution in [3.63, 3.8) is 0 Å². The first-order chi connectivity index (χ1) is 8.52. The number of hydrogen-bond acceptors (Lipinski definition) is 5. The van der Waals surface area contributed by atoms with Gasteiger partial charge in [-0.2, -0.15) is 0 Å². The van der Waals surface area contributed by atoms with E-state index in [1.54, 1.807) is 0 Å². The molecule has 1 unspecified atom stereocenters. The third-order valence-electron chi connectivity index (χ3n) is 2.82. The number of nitrogens with zero attached hydrogens (tertiary/aromatic N) is 2. The zero-order chi connectivity index (χ0) is 13.3. The van der Waals surface area contributed by atoms with E-state index in [4.69, 9.17) is 10.5 Å². The normalized spacial score (nSPS) is 19.1. The lowest BCUT2D eigenvalue weighted by molar-refractivity contribution is -0.384. The highest BCUT2D eigenvalue weighted by Crippen LogP contribution is 2.34. The maximum atomic E-state index is 11.8. The predicted molar refractivity (Wildman–Crippen MR) is 64.6 cm³/mol. The highest BCUT2D eigenvalue weighted by Gasteiger charge is 2.30. The Balaban J connectivity index is 2.44. The molecule has 0 aliphatic carbocycles. The molecule has 1 amide bonds. The second kappa shape index (κ2) is 4.61. The number of anilines is 1. The Morgan fingerprint density at radius 3 is 2.78 bits per heavy atom. The van der Waals surface area contributed by atoms with Gasteiger partial charge in [0.2, 0.25) is 5.91 Å². The molecule has 1 fully saturated rings. The van der Waals surface area contributed by atoms with Crippen molar-refractivity contribution in [3.8, 4) is 5.75 Å². The van der Waals surface area contributed by atoms with E-state index in [0.29, 0.717) is 18.0 Å². The highest BCUT2D eigenvalue weighted by molar-refractivity contribution is 5.98. The molecule has 2 rings (SSSR count). The topological polar surface area (TPSA) is 98.7 Å². The van der Waals surface area contributed by atoms with Crippen molar-refractivity contribution in [1.82, 2.24) is 0 Å². The summed E-state index contributed by atoms with van der Waals surface area (Å²) >= 11 is 0. The third kappa shape index (κ3) is 2.12. The molecule has 1 aliphatic rings. The van der Waals surface area contributed by atoms with Crippen LogP contribution in [0.5, 0.6) is 5.75 Å². The molecule has 1 saturated heterocycles. The number of methoxy groups -OCH3 is 1. The van der Waals surface area contributed by atoms with Gasteiger partial charge >= 0.3 is 0 Å². The molecule has 96 valence electrons. The Bertz CT molecular complexity index is 503. The molecular formula is C11H13N3O4. The number of ether oxygens (including phenoxy) is 1. The minimum atomic E-state index is -0.510. The molecule has 0 spiro atoms. The molecule has 0 radical (unpaired) electrons. The predicted octanol–water partition coefficient (Wildman–Crippen LogP) is 0.667. The first-order valence-corrected chi connectivity index (χ1v) is 5.41. The van der Waals surface area contributed by atoms with Crippen molar-refractivity contribution in [2.45, 2.75) is 12.5 Å². The van der Waals surface area contributed by atoms with Gasteiger partial charge in [-0.3, -0.25) is 14.9 Å². The zero-order valence-corrected chi connectivity index (χ0v) is 9.83. The van der Waals surface area contributed by atoms with E-state index in [0.717, 1.165) is 0 Å².